The lowest BCUT2D eigenvalue weighted by Gasteiger charge is -2.50. The molecule has 3 aliphatic rings. The first-order valence-electron chi connectivity index (χ1n) is 9.46. The molecule has 6 nitrogen and oxygen atoms in total. The Morgan fingerprint density at radius 2 is 1.62 bits per heavy atom. The fourth-order valence-electron chi connectivity index (χ4n) is 4.09. The number of nitrogens with zero attached hydrogens (tertiary/aromatic N) is 3. The number of β-amino-alcohol motifs (C(OH)–C–C–N with tert-alkyl or cyclic N) is 1. The van der Waals surface area contributed by atoms with Crippen LogP contribution >= 0.6 is 0 Å². The van der Waals surface area contributed by atoms with E-state index in [1.807, 2.05) is 12.1 Å². The Labute approximate surface area is 154 Å². The van der Waals surface area contributed by atoms with Gasteiger partial charge in [0.25, 0.3) is 0 Å². The second-order valence-electron chi connectivity index (χ2n) is 7.68. The van der Waals surface area contributed by atoms with Gasteiger partial charge in [0.1, 0.15) is 11.4 Å². The van der Waals surface area contributed by atoms with Crippen molar-refractivity contribution in [2.75, 3.05) is 77.1 Å². The maximum Gasteiger partial charge on any atom is 0.124 e. The maximum atomic E-state index is 13.1. The highest BCUT2D eigenvalue weighted by Crippen LogP contribution is 2.23. The van der Waals surface area contributed by atoms with Crippen molar-refractivity contribution in [3.05, 3.63) is 30.1 Å². The summed E-state index contributed by atoms with van der Waals surface area (Å²) in [6, 6.07) is 7.32. The van der Waals surface area contributed by atoms with Crippen LogP contribution in [0.2, 0.25) is 0 Å². The van der Waals surface area contributed by atoms with Crippen molar-refractivity contribution < 1.29 is 19.0 Å². The van der Waals surface area contributed by atoms with E-state index in [1.54, 1.807) is 0 Å². The molecule has 0 radical (unpaired) electrons. The van der Waals surface area contributed by atoms with Crippen LogP contribution in [-0.4, -0.2) is 98.8 Å². The number of halogens is 1. The smallest absolute Gasteiger partial charge is 0.124 e. The van der Waals surface area contributed by atoms with Gasteiger partial charge in [0, 0.05) is 57.5 Å². The summed E-state index contributed by atoms with van der Waals surface area (Å²) >= 11 is 0. The first kappa shape index (κ1) is 18.1. The second kappa shape index (κ2) is 7.78. The van der Waals surface area contributed by atoms with Crippen LogP contribution in [0.15, 0.2) is 24.3 Å². The molecular formula is C19H28FN3O3. The average molecular weight is 365 g/mol. The van der Waals surface area contributed by atoms with Crippen LogP contribution < -0.4 is 4.90 Å². The third-order valence-corrected chi connectivity index (χ3v) is 5.59. The van der Waals surface area contributed by atoms with Crippen LogP contribution in [-0.2, 0) is 9.47 Å². The van der Waals surface area contributed by atoms with Crippen molar-refractivity contribution in [1.82, 2.24) is 9.80 Å². The van der Waals surface area contributed by atoms with E-state index in [2.05, 4.69) is 14.7 Å². The standard InChI is InChI=1S/C19H28FN3O3/c20-16-1-3-17(4-2-16)22-5-7-23(8-6-22)18-11-21(12-18)13-19(24)14-25-9-10-26-15-19/h1-4,18,24H,5-15H2. The summed E-state index contributed by atoms with van der Waals surface area (Å²) in [5.41, 5.74) is 0.208. The molecule has 1 aromatic carbocycles. The van der Waals surface area contributed by atoms with Crippen LogP contribution in [0.1, 0.15) is 0 Å². The zero-order chi connectivity index (χ0) is 18.0. The number of hydrogen-bond donors (Lipinski definition) is 1. The minimum Gasteiger partial charge on any atom is -0.384 e. The molecule has 3 aliphatic heterocycles. The van der Waals surface area contributed by atoms with Gasteiger partial charge in [0.15, 0.2) is 0 Å². The van der Waals surface area contributed by atoms with Gasteiger partial charge in [-0.1, -0.05) is 0 Å². The fourth-order valence-corrected chi connectivity index (χ4v) is 4.09. The topological polar surface area (TPSA) is 48.4 Å². The van der Waals surface area contributed by atoms with Crippen LogP contribution in [0, 0.1) is 5.82 Å². The molecule has 0 spiro atoms. The summed E-state index contributed by atoms with van der Waals surface area (Å²) in [5, 5.41) is 10.6. The molecule has 1 N–H and O–H groups in total. The molecule has 0 amide bonds. The van der Waals surface area contributed by atoms with Crippen molar-refractivity contribution in [2.45, 2.75) is 11.6 Å². The summed E-state index contributed by atoms with van der Waals surface area (Å²) in [6.45, 7) is 8.37. The second-order valence-corrected chi connectivity index (χ2v) is 7.68. The van der Waals surface area contributed by atoms with Gasteiger partial charge in [-0.15, -0.1) is 0 Å². The summed E-state index contributed by atoms with van der Waals surface area (Å²) in [7, 11) is 0. The number of likely N-dealkylation sites (tertiary alicyclic amines) is 1. The van der Waals surface area contributed by atoms with Gasteiger partial charge in [-0.3, -0.25) is 9.80 Å². The van der Waals surface area contributed by atoms with E-state index in [4.69, 9.17) is 9.47 Å². The number of aliphatic hydroxyl groups is 1. The molecule has 3 heterocycles. The van der Waals surface area contributed by atoms with E-state index in [9.17, 15) is 9.50 Å². The number of rotatable bonds is 4. The molecule has 144 valence electrons. The van der Waals surface area contributed by atoms with Gasteiger partial charge in [-0.25, -0.2) is 4.39 Å². The van der Waals surface area contributed by atoms with Gasteiger partial charge in [-0.05, 0) is 24.3 Å². The minimum atomic E-state index is -0.886. The van der Waals surface area contributed by atoms with E-state index in [-0.39, 0.29) is 5.82 Å². The maximum absolute atomic E-state index is 13.1. The Balaban J connectivity index is 1.21. The zero-order valence-corrected chi connectivity index (χ0v) is 15.1. The molecule has 26 heavy (non-hydrogen) atoms. The largest absolute Gasteiger partial charge is 0.384 e. The quantitative estimate of drug-likeness (QED) is 0.834. The fraction of sp³-hybridized carbons (Fsp3) is 0.684. The zero-order valence-electron chi connectivity index (χ0n) is 15.1. The van der Waals surface area contributed by atoms with Crippen LogP contribution in [0.25, 0.3) is 0 Å². The lowest BCUT2D eigenvalue weighted by atomic mass is 10.00. The van der Waals surface area contributed by atoms with Gasteiger partial charge in [-0.2, -0.15) is 0 Å². The number of piperazine rings is 1. The minimum absolute atomic E-state index is 0.187. The van der Waals surface area contributed by atoms with Gasteiger partial charge < -0.3 is 19.5 Å². The predicted octanol–water partition coefficient (Wildman–Crippen LogP) is 0.410. The molecule has 0 atom stereocenters. The molecule has 0 aromatic heterocycles. The summed E-state index contributed by atoms with van der Waals surface area (Å²) in [6.07, 6.45) is 0. The highest BCUT2D eigenvalue weighted by atomic mass is 19.1. The lowest BCUT2D eigenvalue weighted by molar-refractivity contribution is -0.0958. The Morgan fingerprint density at radius 3 is 2.23 bits per heavy atom. The Hall–Kier alpha value is -1.25. The number of ether oxygens (including phenoxy) is 2. The average Bonchev–Trinajstić information content (AvgIpc) is 2.84. The predicted molar refractivity (Wildman–Crippen MR) is 97.0 cm³/mol. The van der Waals surface area contributed by atoms with Crippen LogP contribution in [0.4, 0.5) is 10.1 Å². The molecule has 0 unspecified atom stereocenters. The Morgan fingerprint density at radius 1 is 1.00 bits per heavy atom. The van der Waals surface area contributed by atoms with Gasteiger partial charge >= 0.3 is 0 Å². The molecule has 7 heteroatoms. The number of anilines is 1. The lowest BCUT2D eigenvalue weighted by Crippen LogP contribution is -2.65. The Kier molecular flexibility index (Phi) is 5.42. The first-order chi connectivity index (χ1) is 12.6. The van der Waals surface area contributed by atoms with Crippen molar-refractivity contribution in [3.8, 4) is 0 Å². The van der Waals surface area contributed by atoms with Crippen molar-refractivity contribution in [2.24, 2.45) is 0 Å². The first-order valence-corrected chi connectivity index (χ1v) is 9.46. The van der Waals surface area contributed by atoms with Crippen molar-refractivity contribution >= 4 is 5.69 Å². The molecule has 4 rings (SSSR count). The molecule has 3 saturated heterocycles. The molecule has 0 aliphatic carbocycles. The normalized spacial score (nSPS) is 25.7. The van der Waals surface area contributed by atoms with Crippen molar-refractivity contribution in [3.63, 3.8) is 0 Å². The monoisotopic (exact) mass is 365 g/mol. The van der Waals surface area contributed by atoms with Crippen LogP contribution in [0.5, 0.6) is 0 Å². The summed E-state index contributed by atoms with van der Waals surface area (Å²) in [5.74, 6) is -0.187. The number of benzene rings is 1. The molecule has 0 bridgehead atoms. The van der Waals surface area contributed by atoms with E-state index >= 15 is 0 Å². The molecule has 0 saturated carbocycles. The highest BCUT2D eigenvalue weighted by molar-refractivity contribution is 5.46. The molecule has 3 fully saturated rings. The summed E-state index contributed by atoms with van der Waals surface area (Å²) < 4.78 is 24.0. The SMILES string of the molecule is OC1(CN2CC(N3CCN(c4ccc(F)cc4)CC3)C2)COCCOC1. The highest BCUT2D eigenvalue weighted by Gasteiger charge is 2.39. The molecule has 1 aromatic rings. The summed E-state index contributed by atoms with van der Waals surface area (Å²) in [4.78, 5) is 7.13. The van der Waals surface area contributed by atoms with E-state index in [0.29, 0.717) is 39.0 Å². The van der Waals surface area contributed by atoms with Gasteiger partial charge in [0.2, 0.25) is 0 Å². The van der Waals surface area contributed by atoms with Crippen molar-refractivity contribution in [1.29, 1.82) is 0 Å². The third kappa shape index (κ3) is 4.18. The van der Waals surface area contributed by atoms with E-state index < -0.39 is 5.60 Å². The molecular weight excluding hydrogens is 337 g/mol. The Bertz CT molecular complexity index is 578. The van der Waals surface area contributed by atoms with E-state index in [0.717, 1.165) is 45.0 Å². The van der Waals surface area contributed by atoms with Crippen LogP contribution in [0.3, 0.4) is 0 Å². The van der Waals surface area contributed by atoms with E-state index in [1.165, 1.54) is 12.1 Å². The van der Waals surface area contributed by atoms with Gasteiger partial charge in [0.05, 0.1) is 26.4 Å². The third-order valence-electron chi connectivity index (χ3n) is 5.59. The number of hydrogen-bond acceptors (Lipinski definition) is 6.